The molecule has 0 radical (unpaired) electrons. The van der Waals surface area contributed by atoms with Crippen molar-refractivity contribution in [3.8, 4) is 11.1 Å². The number of nitrogens with one attached hydrogen (secondary N) is 1. The maximum Gasteiger partial charge on any atom is 0.274 e. The molecule has 0 fully saturated rings. The van der Waals surface area contributed by atoms with E-state index in [1.807, 2.05) is 39.0 Å². The Morgan fingerprint density at radius 1 is 1.15 bits per heavy atom. The molecule has 2 heterocycles. The van der Waals surface area contributed by atoms with E-state index in [4.69, 9.17) is 5.73 Å². The summed E-state index contributed by atoms with van der Waals surface area (Å²) < 4.78 is 1.48. The first-order chi connectivity index (χ1) is 12.3. The van der Waals surface area contributed by atoms with E-state index >= 15 is 0 Å². The standard InChI is InChI=1S/C19H20N4O2S/c1-10-5-6-13(9-11(10)2)15-12(3)26-19(16(15)17(20)24)22-18(25)14-7-8-21-23(14)4/h5-9H,1-4H3,(H2,20,24)(H,22,25). The molecule has 6 nitrogen and oxygen atoms in total. The average Bonchev–Trinajstić information content (AvgIpc) is 3.13. The second kappa shape index (κ2) is 6.76. The third-order valence-corrected chi connectivity index (χ3v) is 5.43. The van der Waals surface area contributed by atoms with Crippen molar-refractivity contribution >= 4 is 28.2 Å². The molecule has 0 aliphatic rings. The predicted octanol–water partition coefficient (Wildman–Crippen LogP) is 3.43. The first kappa shape index (κ1) is 17.9. The number of carbonyl (C=O) groups is 2. The van der Waals surface area contributed by atoms with E-state index in [9.17, 15) is 9.59 Å². The summed E-state index contributed by atoms with van der Waals surface area (Å²) in [6.45, 7) is 5.98. The van der Waals surface area contributed by atoms with Crippen LogP contribution < -0.4 is 11.1 Å². The molecule has 3 N–H and O–H groups in total. The van der Waals surface area contributed by atoms with Gasteiger partial charge in [-0.25, -0.2) is 0 Å². The number of carbonyl (C=O) groups excluding carboxylic acids is 2. The van der Waals surface area contributed by atoms with Gasteiger partial charge in [-0.2, -0.15) is 5.10 Å². The van der Waals surface area contributed by atoms with Crippen molar-refractivity contribution in [1.29, 1.82) is 0 Å². The van der Waals surface area contributed by atoms with Crippen molar-refractivity contribution in [2.24, 2.45) is 12.8 Å². The van der Waals surface area contributed by atoms with E-state index in [1.54, 1.807) is 19.3 Å². The van der Waals surface area contributed by atoms with Gasteiger partial charge in [-0.05, 0) is 43.5 Å². The van der Waals surface area contributed by atoms with Gasteiger partial charge in [0.1, 0.15) is 10.7 Å². The molecule has 3 rings (SSSR count). The lowest BCUT2D eigenvalue weighted by molar-refractivity contribution is 0.100. The second-order valence-electron chi connectivity index (χ2n) is 6.19. The number of rotatable bonds is 4. The fourth-order valence-corrected chi connectivity index (χ4v) is 3.95. The number of hydrogen-bond donors (Lipinski definition) is 2. The average molecular weight is 368 g/mol. The Morgan fingerprint density at radius 2 is 1.88 bits per heavy atom. The summed E-state index contributed by atoms with van der Waals surface area (Å²) in [6, 6.07) is 7.63. The molecule has 0 aliphatic heterocycles. The number of thiophene rings is 1. The van der Waals surface area contributed by atoms with E-state index in [2.05, 4.69) is 10.4 Å². The third-order valence-electron chi connectivity index (χ3n) is 4.41. The van der Waals surface area contributed by atoms with E-state index in [1.165, 1.54) is 21.6 Å². The molecule has 26 heavy (non-hydrogen) atoms. The summed E-state index contributed by atoms with van der Waals surface area (Å²) >= 11 is 1.34. The van der Waals surface area contributed by atoms with Crippen molar-refractivity contribution in [2.75, 3.05) is 5.32 Å². The fraction of sp³-hybridized carbons (Fsp3) is 0.211. The Morgan fingerprint density at radius 3 is 2.46 bits per heavy atom. The molecular formula is C19H20N4O2S. The van der Waals surface area contributed by atoms with Gasteiger partial charge in [0.25, 0.3) is 11.8 Å². The molecule has 0 bridgehead atoms. The minimum atomic E-state index is -0.567. The minimum Gasteiger partial charge on any atom is -0.365 e. The summed E-state index contributed by atoms with van der Waals surface area (Å²) in [5.74, 6) is -0.900. The topological polar surface area (TPSA) is 90.0 Å². The number of nitrogens with two attached hydrogens (primary N) is 1. The maximum absolute atomic E-state index is 12.5. The lowest BCUT2D eigenvalue weighted by Gasteiger charge is -2.09. The van der Waals surface area contributed by atoms with Gasteiger partial charge in [0.2, 0.25) is 0 Å². The van der Waals surface area contributed by atoms with Gasteiger partial charge in [-0.3, -0.25) is 14.3 Å². The molecule has 3 aromatic rings. The molecule has 7 heteroatoms. The van der Waals surface area contributed by atoms with E-state index < -0.39 is 5.91 Å². The number of aromatic nitrogens is 2. The molecule has 1 aromatic carbocycles. The van der Waals surface area contributed by atoms with Crippen molar-refractivity contribution < 1.29 is 9.59 Å². The van der Waals surface area contributed by atoms with Crippen LogP contribution >= 0.6 is 11.3 Å². The van der Waals surface area contributed by atoms with Crippen molar-refractivity contribution in [3.05, 3.63) is 57.7 Å². The highest BCUT2D eigenvalue weighted by atomic mass is 32.1. The van der Waals surface area contributed by atoms with Crippen molar-refractivity contribution in [2.45, 2.75) is 20.8 Å². The molecule has 2 amide bonds. The molecule has 0 spiro atoms. The van der Waals surface area contributed by atoms with Crippen LogP contribution in [-0.4, -0.2) is 21.6 Å². The fourth-order valence-electron chi connectivity index (χ4n) is 2.88. The van der Waals surface area contributed by atoms with Gasteiger partial charge in [0.15, 0.2) is 0 Å². The molecule has 0 atom stereocenters. The normalized spacial score (nSPS) is 10.8. The maximum atomic E-state index is 12.5. The molecule has 134 valence electrons. The van der Waals surface area contributed by atoms with Gasteiger partial charge in [0, 0.05) is 23.7 Å². The SMILES string of the molecule is Cc1ccc(-c2c(C)sc(NC(=O)c3ccnn3C)c2C(N)=O)cc1C. The Kier molecular flexibility index (Phi) is 4.65. The number of aryl methyl sites for hydroxylation is 4. The minimum absolute atomic E-state index is 0.333. The zero-order chi connectivity index (χ0) is 19.0. The molecular weight excluding hydrogens is 348 g/mol. The first-order valence-corrected chi connectivity index (χ1v) is 8.91. The number of nitrogens with zero attached hydrogens (tertiary/aromatic N) is 2. The highest BCUT2D eigenvalue weighted by Gasteiger charge is 2.24. The van der Waals surface area contributed by atoms with Crippen LogP contribution in [0.25, 0.3) is 11.1 Å². The second-order valence-corrected chi connectivity index (χ2v) is 7.42. The van der Waals surface area contributed by atoms with Gasteiger partial charge >= 0.3 is 0 Å². The summed E-state index contributed by atoms with van der Waals surface area (Å²) in [5, 5.41) is 7.26. The third kappa shape index (κ3) is 3.13. The van der Waals surface area contributed by atoms with Crippen molar-refractivity contribution in [1.82, 2.24) is 9.78 Å². The molecule has 0 aliphatic carbocycles. The summed E-state index contributed by atoms with van der Waals surface area (Å²) in [7, 11) is 1.68. The first-order valence-electron chi connectivity index (χ1n) is 8.09. The lowest BCUT2D eigenvalue weighted by atomic mass is 9.97. The van der Waals surface area contributed by atoms with Crippen LogP contribution in [0, 0.1) is 20.8 Å². The monoisotopic (exact) mass is 368 g/mol. The molecule has 0 saturated heterocycles. The Labute approximate surface area is 155 Å². The summed E-state index contributed by atoms with van der Waals surface area (Å²) in [6.07, 6.45) is 1.55. The highest BCUT2D eigenvalue weighted by Crippen LogP contribution is 2.40. The van der Waals surface area contributed by atoms with Crippen LogP contribution in [0.15, 0.2) is 30.5 Å². The Bertz CT molecular complexity index is 1020. The van der Waals surface area contributed by atoms with Crippen LogP contribution in [-0.2, 0) is 7.05 Å². The van der Waals surface area contributed by atoms with Gasteiger partial charge in [0.05, 0.1) is 5.56 Å². The number of hydrogen-bond acceptors (Lipinski definition) is 4. The van der Waals surface area contributed by atoms with E-state index in [0.29, 0.717) is 16.3 Å². The van der Waals surface area contributed by atoms with Gasteiger partial charge in [-0.1, -0.05) is 18.2 Å². The lowest BCUT2D eigenvalue weighted by Crippen LogP contribution is -2.19. The van der Waals surface area contributed by atoms with Crippen LogP contribution in [0.2, 0.25) is 0 Å². The van der Waals surface area contributed by atoms with E-state index in [-0.39, 0.29) is 5.91 Å². The predicted molar refractivity (Wildman–Crippen MR) is 104 cm³/mol. The Balaban J connectivity index is 2.08. The Hall–Kier alpha value is -2.93. The number of benzene rings is 1. The molecule has 2 aromatic heterocycles. The number of anilines is 1. The number of amides is 2. The van der Waals surface area contributed by atoms with Crippen LogP contribution in [0.3, 0.4) is 0 Å². The van der Waals surface area contributed by atoms with E-state index in [0.717, 1.165) is 21.6 Å². The zero-order valence-corrected chi connectivity index (χ0v) is 15.9. The molecule has 0 saturated carbocycles. The van der Waals surface area contributed by atoms with Gasteiger partial charge in [-0.15, -0.1) is 11.3 Å². The van der Waals surface area contributed by atoms with Gasteiger partial charge < -0.3 is 11.1 Å². The number of primary amides is 1. The van der Waals surface area contributed by atoms with Crippen LogP contribution in [0.5, 0.6) is 0 Å². The summed E-state index contributed by atoms with van der Waals surface area (Å²) in [5.41, 5.74) is 10.4. The highest BCUT2D eigenvalue weighted by molar-refractivity contribution is 7.17. The quantitative estimate of drug-likeness (QED) is 0.739. The van der Waals surface area contributed by atoms with Crippen LogP contribution in [0.1, 0.15) is 36.9 Å². The molecule has 0 unspecified atom stereocenters. The summed E-state index contributed by atoms with van der Waals surface area (Å²) in [4.78, 5) is 25.6. The largest absolute Gasteiger partial charge is 0.365 e. The van der Waals surface area contributed by atoms with Crippen LogP contribution in [0.4, 0.5) is 5.00 Å². The zero-order valence-electron chi connectivity index (χ0n) is 15.1. The smallest absolute Gasteiger partial charge is 0.274 e. The van der Waals surface area contributed by atoms with Crippen molar-refractivity contribution in [3.63, 3.8) is 0 Å².